The van der Waals surface area contributed by atoms with Gasteiger partial charge in [-0.15, -0.1) is 0 Å². The van der Waals surface area contributed by atoms with E-state index in [2.05, 4.69) is 15.0 Å². The number of rotatable bonds is 5. The van der Waals surface area contributed by atoms with Gasteiger partial charge in [-0.25, -0.2) is 4.98 Å². The Kier molecular flexibility index (Phi) is 5.36. The van der Waals surface area contributed by atoms with E-state index in [1.54, 1.807) is 0 Å². The minimum atomic E-state index is -1.21. The van der Waals surface area contributed by atoms with E-state index in [-0.39, 0.29) is 29.2 Å². The molecule has 0 radical (unpaired) electrons. The number of aliphatic hydroxyl groups is 2. The molecule has 1 rings (SSSR count). The van der Waals surface area contributed by atoms with E-state index in [9.17, 15) is 10.2 Å². The van der Waals surface area contributed by atoms with E-state index in [0.29, 0.717) is 0 Å². The Morgan fingerprint density at radius 2 is 2.33 bits per heavy atom. The van der Waals surface area contributed by atoms with Crippen LogP contribution in [0.2, 0.25) is 5.15 Å². The lowest BCUT2D eigenvalue weighted by molar-refractivity contribution is 0.0148. The van der Waals surface area contributed by atoms with Crippen molar-refractivity contribution in [2.45, 2.75) is 18.6 Å². The Morgan fingerprint density at radius 1 is 1.61 bits per heavy atom. The van der Waals surface area contributed by atoms with Crippen molar-refractivity contribution in [3.05, 3.63) is 39.0 Å². The number of aliphatic hydroxyl groups excluding tert-OH is 2. The van der Waals surface area contributed by atoms with Crippen LogP contribution in [0.3, 0.4) is 0 Å². The zero-order chi connectivity index (χ0) is 13.5. The zero-order valence-corrected chi connectivity index (χ0v) is 9.99. The Labute approximate surface area is 108 Å². The topological polar surface area (TPSA) is 126 Å². The van der Waals surface area contributed by atoms with Gasteiger partial charge in [-0.2, -0.15) is 5.26 Å². The molecule has 0 amide bonds. The van der Waals surface area contributed by atoms with Gasteiger partial charge in [0.15, 0.2) is 0 Å². The van der Waals surface area contributed by atoms with Crippen LogP contribution in [-0.4, -0.2) is 27.8 Å². The SMILES string of the molecule is N#Cc1cc(C(O)C(O)CCN=[N+]=[N-])cnc1Cl. The van der Waals surface area contributed by atoms with Gasteiger partial charge in [-0.1, -0.05) is 16.7 Å². The van der Waals surface area contributed by atoms with Crippen molar-refractivity contribution >= 4 is 11.6 Å². The Morgan fingerprint density at radius 3 is 2.94 bits per heavy atom. The molecule has 0 fully saturated rings. The quantitative estimate of drug-likeness (QED) is 0.364. The monoisotopic (exact) mass is 267 g/mol. The molecule has 8 heteroatoms. The lowest BCUT2D eigenvalue weighted by atomic mass is 10.0. The third-order valence-electron chi connectivity index (χ3n) is 2.27. The summed E-state index contributed by atoms with van der Waals surface area (Å²) in [6.07, 6.45) is -0.929. The van der Waals surface area contributed by atoms with Crippen molar-refractivity contribution in [2.75, 3.05) is 6.54 Å². The number of halogens is 1. The van der Waals surface area contributed by atoms with Gasteiger partial charge in [0.25, 0.3) is 0 Å². The predicted molar refractivity (Wildman–Crippen MR) is 63.6 cm³/mol. The molecule has 2 unspecified atom stereocenters. The molecule has 0 aliphatic carbocycles. The standard InChI is InChI=1S/C10H10ClN5O2/c11-10-6(4-12)3-7(5-14-10)9(18)8(17)1-2-15-16-13/h3,5,8-9,17-18H,1-2H2. The fraction of sp³-hybridized carbons (Fsp3) is 0.400. The van der Waals surface area contributed by atoms with Gasteiger partial charge in [-0.3, -0.25) is 0 Å². The van der Waals surface area contributed by atoms with Crippen LogP contribution in [0.1, 0.15) is 23.7 Å². The Bertz CT molecular complexity index is 509. The molecular weight excluding hydrogens is 258 g/mol. The zero-order valence-electron chi connectivity index (χ0n) is 9.23. The van der Waals surface area contributed by atoms with Gasteiger partial charge >= 0.3 is 0 Å². The van der Waals surface area contributed by atoms with Crippen molar-refractivity contribution in [3.8, 4) is 6.07 Å². The highest BCUT2D eigenvalue weighted by Gasteiger charge is 2.19. The molecule has 0 bridgehead atoms. The van der Waals surface area contributed by atoms with Crippen molar-refractivity contribution in [2.24, 2.45) is 5.11 Å². The van der Waals surface area contributed by atoms with Crippen LogP contribution in [0.4, 0.5) is 0 Å². The highest BCUT2D eigenvalue weighted by atomic mass is 35.5. The van der Waals surface area contributed by atoms with Crippen LogP contribution in [-0.2, 0) is 0 Å². The van der Waals surface area contributed by atoms with Gasteiger partial charge in [0, 0.05) is 23.2 Å². The van der Waals surface area contributed by atoms with E-state index >= 15 is 0 Å². The maximum atomic E-state index is 9.82. The van der Waals surface area contributed by atoms with Crippen LogP contribution >= 0.6 is 11.6 Å². The third kappa shape index (κ3) is 3.58. The first-order valence-electron chi connectivity index (χ1n) is 5.02. The first-order valence-corrected chi connectivity index (χ1v) is 5.40. The average Bonchev–Trinajstić information content (AvgIpc) is 2.38. The van der Waals surface area contributed by atoms with Crippen molar-refractivity contribution in [1.82, 2.24) is 4.98 Å². The van der Waals surface area contributed by atoms with E-state index < -0.39 is 12.2 Å². The number of nitriles is 1. The normalized spacial score (nSPS) is 13.2. The smallest absolute Gasteiger partial charge is 0.146 e. The van der Waals surface area contributed by atoms with Gasteiger partial charge in [-0.05, 0) is 18.0 Å². The molecule has 0 spiro atoms. The van der Waals surface area contributed by atoms with E-state index in [4.69, 9.17) is 22.4 Å². The van der Waals surface area contributed by atoms with Crippen LogP contribution in [0, 0.1) is 11.3 Å². The fourth-order valence-electron chi connectivity index (χ4n) is 1.32. The minimum Gasteiger partial charge on any atom is -0.390 e. The molecule has 7 nitrogen and oxygen atoms in total. The largest absolute Gasteiger partial charge is 0.390 e. The molecule has 0 aliphatic heterocycles. The van der Waals surface area contributed by atoms with Crippen LogP contribution in [0.25, 0.3) is 10.4 Å². The van der Waals surface area contributed by atoms with Gasteiger partial charge in [0.1, 0.15) is 17.3 Å². The van der Waals surface area contributed by atoms with Crippen LogP contribution in [0.5, 0.6) is 0 Å². The summed E-state index contributed by atoms with van der Waals surface area (Å²) in [7, 11) is 0. The first-order chi connectivity index (χ1) is 8.60. The number of hydrogen-bond acceptors (Lipinski definition) is 5. The lowest BCUT2D eigenvalue weighted by Gasteiger charge is -2.17. The molecule has 1 aromatic rings. The Balaban J connectivity index is 2.80. The molecule has 0 saturated carbocycles. The number of pyridine rings is 1. The third-order valence-corrected chi connectivity index (χ3v) is 2.58. The van der Waals surface area contributed by atoms with E-state index in [1.807, 2.05) is 6.07 Å². The molecule has 2 atom stereocenters. The van der Waals surface area contributed by atoms with E-state index in [0.717, 1.165) is 0 Å². The highest BCUT2D eigenvalue weighted by molar-refractivity contribution is 6.30. The summed E-state index contributed by atoms with van der Waals surface area (Å²) in [5.41, 5.74) is 8.49. The van der Waals surface area contributed by atoms with Crippen LogP contribution in [0.15, 0.2) is 17.4 Å². The first kappa shape index (κ1) is 14.2. The summed E-state index contributed by atoms with van der Waals surface area (Å²) >= 11 is 5.65. The summed E-state index contributed by atoms with van der Waals surface area (Å²) in [5.74, 6) is 0. The predicted octanol–water partition coefficient (Wildman–Crippen LogP) is 1.70. The van der Waals surface area contributed by atoms with Crippen molar-refractivity contribution in [3.63, 3.8) is 0 Å². The number of aromatic nitrogens is 1. The summed E-state index contributed by atoms with van der Waals surface area (Å²) < 4.78 is 0. The van der Waals surface area contributed by atoms with E-state index in [1.165, 1.54) is 12.3 Å². The van der Waals surface area contributed by atoms with Gasteiger partial charge in [0.05, 0.1) is 11.7 Å². The van der Waals surface area contributed by atoms with Gasteiger partial charge in [0.2, 0.25) is 0 Å². The molecule has 94 valence electrons. The lowest BCUT2D eigenvalue weighted by Crippen LogP contribution is -2.19. The molecule has 1 aromatic heterocycles. The molecule has 0 aromatic carbocycles. The fourth-order valence-corrected chi connectivity index (χ4v) is 1.46. The highest BCUT2D eigenvalue weighted by Crippen LogP contribution is 2.22. The molecule has 0 aliphatic rings. The average molecular weight is 268 g/mol. The molecule has 2 N–H and O–H groups in total. The summed E-state index contributed by atoms with van der Waals surface area (Å²) in [6.45, 7) is 0.0703. The second kappa shape index (κ2) is 6.79. The number of azide groups is 1. The minimum absolute atomic E-state index is 0.0389. The maximum absolute atomic E-state index is 9.82. The molecule has 1 heterocycles. The number of nitrogens with zero attached hydrogens (tertiary/aromatic N) is 5. The summed E-state index contributed by atoms with van der Waals surface area (Å²) in [4.78, 5) is 6.28. The summed E-state index contributed by atoms with van der Waals surface area (Å²) in [6, 6.07) is 3.19. The van der Waals surface area contributed by atoms with Crippen molar-refractivity contribution < 1.29 is 10.2 Å². The number of hydrogen-bond donors (Lipinski definition) is 2. The Hall–Kier alpha value is -1.84. The molecular formula is C10H10ClN5O2. The van der Waals surface area contributed by atoms with Crippen LogP contribution < -0.4 is 0 Å². The second-order valence-corrected chi connectivity index (χ2v) is 3.83. The van der Waals surface area contributed by atoms with Crippen molar-refractivity contribution in [1.29, 1.82) is 5.26 Å². The maximum Gasteiger partial charge on any atom is 0.146 e. The second-order valence-electron chi connectivity index (χ2n) is 3.47. The van der Waals surface area contributed by atoms with Gasteiger partial charge < -0.3 is 10.2 Å². The molecule has 18 heavy (non-hydrogen) atoms. The summed E-state index contributed by atoms with van der Waals surface area (Å²) in [5, 5.41) is 31.5. The molecule has 0 saturated heterocycles.